The van der Waals surface area contributed by atoms with E-state index in [1.54, 1.807) is 0 Å². The first kappa shape index (κ1) is 8.17. The number of aromatic nitrogens is 1. The lowest BCUT2D eigenvalue weighted by atomic mass is 10.2. The molecular formula is C11H13NO. The van der Waals surface area contributed by atoms with Gasteiger partial charge in [-0.05, 0) is 18.6 Å². The standard InChI is InChI=1S/C11H13NO/c1-2-5-10-8-9-6-3-4-7-11(9)12(10)13/h3-4,6-8,13H,2,5H2,1H3. The summed E-state index contributed by atoms with van der Waals surface area (Å²) < 4.78 is 1.29. The maximum atomic E-state index is 9.74. The van der Waals surface area contributed by atoms with Crippen molar-refractivity contribution >= 4 is 10.9 Å². The molecule has 1 aromatic heterocycles. The maximum absolute atomic E-state index is 9.74. The summed E-state index contributed by atoms with van der Waals surface area (Å²) in [6.07, 6.45) is 1.97. The molecule has 0 bridgehead atoms. The third-order valence-corrected chi connectivity index (χ3v) is 2.27. The zero-order valence-electron chi connectivity index (χ0n) is 7.70. The highest BCUT2D eigenvalue weighted by Crippen LogP contribution is 2.18. The molecule has 0 aliphatic carbocycles. The number of benzene rings is 1. The zero-order valence-corrected chi connectivity index (χ0v) is 7.70. The number of rotatable bonds is 2. The first-order valence-electron chi connectivity index (χ1n) is 4.61. The fourth-order valence-corrected chi connectivity index (χ4v) is 1.63. The third-order valence-electron chi connectivity index (χ3n) is 2.27. The van der Waals surface area contributed by atoms with E-state index in [0.717, 1.165) is 29.4 Å². The molecule has 0 saturated heterocycles. The highest BCUT2D eigenvalue weighted by atomic mass is 16.5. The SMILES string of the molecule is CCCc1cc2ccccc2n1O. The smallest absolute Gasteiger partial charge is 0.0868 e. The van der Waals surface area contributed by atoms with Gasteiger partial charge in [0.05, 0.1) is 11.2 Å². The molecule has 1 heterocycles. The van der Waals surface area contributed by atoms with Crippen molar-refractivity contribution in [3.8, 4) is 0 Å². The van der Waals surface area contributed by atoms with E-state index in [0.29, 0.717) is 0 Å². The van der Waals surface area contributed by atoms with Crippen molar-refractivity contribution in [2.24, 2.45) is 0 Å². The second kappa shape index (κ2) is 3.13. The van der Waals surface area contributed by atoms with Crippen LogP contribution in [-0.2, 0) is 6.42 Å². The molecular weight excluding hydrogens is 162 g/mol. The summed E-state index contributed by atoms with van der Waals surface area (Å²) in [7, 11) is 0. The van der Waals surface area contributed by atoms with Crippen LogP contribution in [0.15, 0.2) is 30.3 Å². The van der Waals surface area contributed by atoms with Gasteiger partial charge in [-0.1, -0.05) is 31.5 Å². The Kier molecular flexibility index (Phi) is 1.97. The third kappa shape index (κ3) is 1.28. The summed E-state index contributed by atoms with van der Waals surface area (Å²) in [6, 6.07) is 9.90. The minimum absolute atomic E-state index is 0.894. The summed E-state index contributed by atoms with van der Waals surface area (Å²) in [5.74, 6) is 0. The van der Waals surface area contributed by atoms with E-state index in [1.807, 2.05) is 30.3 Å². The second-order valence-corrected chi connectivity index (χ2v) is 3.26. The highest BCUT2D eigenvalue weighted by molar-refractivity contribution is 5.80. The van der Waals surface area contributed by atoms with Crippen molar-refractivity contribution < 1.29 is 5.21 Å². The minimum atomic E-state index is 0.894. The van der Waals surface area contributed by atoms with Crippen molar-refractivity contribution in [3.63, 3.8) is 0 Å². The van der Waals surface area contributed by atoms with E-state index in [4.69, 9.17) is 0 Å². The Labute approximate surface area is 77.4 Å². The van der Waals surface area contributed by atoms with Gasteiger partial charge in [-0.15, -0.1) is 0 Å². The van der Waals surface area contributed by atoms with E-state index in [-0.39, 0.29) is 0 Å². The van der Waals surface area contributed by atoms with Crippen LogP contribution in [0.3, 0.4) is 0 Å². The highest BCUT2D eigenvalue weighted by Gasteiger charge is 2.05. The Morgan fingerprint density at radius 1 is 1.31 bits per heavy atom. The van der Waals surface area contributed by atoms with Gasteiger partial charge in [-0.2, -0.15) is 4.73 Å². The van der Waals surface area contributed by atoms with Crippen LogP contribution in [0.25, 0.3) is 10.9 Å². The molecule has 0 aliphatic heterocycles. The Morgan fingerprint density at radius 3 is 2.77 bits per heavy atom. The number of para-hydroxylation sites is 1. The van der Waals surface area contributed by atoms with Gasteiger partial charge in [0.25, 0.3) is 0 Å². The summed E-state index contributed by atoms with van der Waals surface area (Å²) in [5, 5.41) is 10.8. The van der Waals surface area contributed by atoms with Gasteiger partial charge in [0.15, 0.2) is 0 Å². The average molecular weight is 175 g/mol. The maximum Gasteiger partial charge on any atom is 0.0868 e. The second-order valence-electron chi connectivity index (χ2n) is 3.26. The zero-order chi connectivity index (χ0) is 9.26. The van der Waals surface area contributed by atoms with E-state index in [9.17, 15) is 5.21 Å². The largest absolute Gasteiger partial charge is 0.428 e. The van der Waals surface area contributed by atoms with Crippen LogP contribution < -0.4 is 0 Å². The van der Waals surface area contributed by atoms with E-state index in [1.165, 1.54) is 4.73 Å². The molecule has 2 nitrogen and oxygen atoms in total. The predicted octanol–water partition coefficient (Wildman–Crippen LogP) is 2.83. The number of fused-ring (bicyclic) bond motifs is 1. The van der Waals surface area contributed by atoms with Crippen LogP contribution in [0.1, 0.15) is 19.0 Å². The molecule has 2 aromatic rings. The fourth-order valence-electron chi connectivity index (χ4n) is 1.63. The van der Waals surface area contributed by atoms with Gasteiger partial charge in [0.2, 0.25) is 0 Å². The first-order chi connectivity index (χ1) is 6.33. The number of nitrogens with zero attached hydrogens (tertiary/aromatic N) is 1. The Morgan fingerprint density at radius 2 is 2.08 bits per heavy atom. The van der Waals surface area contributed by atoms with Gasteiger partial charge in [0.1, 0.15) is 0 Å². The van der Waals surface area contributed by atoms with Gasteiger partial charge in [-0.25, -0.2) is 0 Å². The molecule has 0 aliphatic rings. The monoisotopic (exact) mass is 175 g/mol. The van der Waals surface area contributed by atoms with Crippen molar-refractivity contribution in [2.75, 3.05) is 0 Å². The molecule has 1 aromatic carbocycles. The van der Waals surface area contributed by atoms with Crippen molar-refractivity contribution in [2.45, 2.75) is 19.8 Å². The molecule has 0 atom stereocenters. The minimum Gasteiger partial charge on any atom is -0.428 e. The van der Waals surface area contributed by atoms with Crippen LogP contribution in [0, 0.1) is 0 Å². The van der Waals surface area contributed by atoms with E-state index >= 15 is 0 Å². The molecule has 0 spiro atoms. The predicted molar refractivity (Wildman–Crippen MR) is 53.1 cm³/mol. The van der Waals surface area contributed by atoms with Crippen LogP contribution in [-0.4, -0.2) is 9.94 Å². The van der Waals surface area contributed by atoms with Crippen LogP contribution in [0.5, 0.6) is 0 Å². The molecule has 0 fully saturated rings. The normalized spacial score (nSPS) is 10.8. The van der Waals surface area contributed by atoms with E-state index in [2.05, 4.69) is 6.92 Å². The molecule has 68 valence electrons. The number of hydrogen-bond donors (Lipinski definition) is 1. The van der Waals surface area contributed by atoms with Crippen molar-refractivity contribution in [3.05, 3.63) is 36.0 Å². The molecule has 0 amide bonds. The Bertz CT molecular complexity index is 417. The summed E-state index contributed by atoms with van der Waals surface area (Å²) >= 11 is 0. The molecule has 1 N–H and O–H groups in total. The lowest BCUT2D eigenvalue weighted by Gasteiger charge is -1.99. The molecule has 13 heavy (non-hydrogen) atoms. The Balaban J connectivity index is 2.60. The van der Waals surface area contributed by atoms with Gasteiger partial charge in [0, 0.05) is 5.39 Å². The molecule has 2 heteroatoms. The van der Waals surface area contributed by atoms with Crippen LogP contribution in [0.2, 0.25) is 0 Å². The quantitative estimate of drug-likeness (QED) is 0.697. The molecule has 0 saturated carbocycles. The molecule has 0 radical (unpaired) electrons. The Hall–Kier alpha value is -1.44. The van der Waals surface area contributed by atoms with E-state index < -0.39 is 0 Å². The fraction of sp³-hybridized carbons (Fsp3) is 0.273. The summed E-state index contributed by atoms with van der Waals surface area (Å²) in [6.45, 7) is 2.11. The van der Waals surface area contributed by atoms with Gasteiger partial charge >= 0.3 is 0 Å². The number of hydrogen-bond acceptors (Lipinski definition) is 1. The number of aryl methyl sites for hydroxylation is 1. The topological polar surface area (TPSA) is 25.2 Å². The van der Waals surface area contributed by atoms with Crippen molar-refractivity contribution in [1.29, 1.82) is 0 Å². The first-order valence-corrected chi connectivity index (χ1v) is 4.61. The summed E-state index contributed by atoms with van der Waals surface area (Å²) in [5.41, 5.74) is 1.88. The van der Waals surface area contributed by atoms with Gasteiger partial charge in [-0.3, -0.25) is 0 Å². The molecule has 2 rings (SSSR count). The lowest BCUT2D eigenvalue weighted by Crippen LogP contribution is -1.96. The molecule has 0 unspecified atom stereocenters. The summed E-state index contributed by atoms with van der Waals surface area (Å²) in [4.78, 5) is 0. The van der Waals surface area contributed by atoms with Crippen LogP contribution in [0.4, 0.5) is 0 Å². The van der Waals surface area contributed by atoms with Crippen LogP contribution >= 0.6 is 0 Å². The van der Waals surface area contributed by atoms with Crippen molar-refractivity contribution in [1.82, 2.24) is 4.73 Å². The average Bonchev–Trinajstić information content (AvgIpc) is 2.46. The lowest BCUT2D eigenvalue weighted by molar-refractivity contribution is 0.190. The van der Waals surface area contributed by atoms with Gasteiger partial charge < -0.3 is 5.21 Å².